The largest absolute Gasteiger partial charge is 0.305 e. The van der Waals surface area contributed by atoms with Crippen molar-refractivity contribution in [1.82, 2.24) is 9.38 Å². The summed E-state index contributed by atoms with van der Waals surface area (Å²) in [6.45, 7) is 5.53. The first-order valence-corrected chi connectivity index (χ1v) is 9.49. The van der Waals surface area contributed by atoms with Gasteiger partial charge in [-0.15, -0.1) is 5.47 Å². The predicted molar refractivity (Wildman–Crippen MR) is 109 cm³/mol. The fourth-order valence-electron chi connectivity index (χ4n) is 3.70. The molecule has 0 aliphatic heterocycles. The van der Waals surface area contributed by atoms with E-state index in [1.807, 2.05) is 6.92 Å². The van der Waals surface area contributed by atoms with Crippen LogP contribution in [0.15, 0.2) is 22.7 Å². The van der Waals surface area contributed by atoms with Gasteiger partial charge in [0, 0.05) is 34.8 Å². The van der Waals surface area contributed by atoms with Crippen LogP contribution >= 0.6 is 11.6 Å². The summed E-state index contributed by atoms with van der Waals surface area (Å²) in [4.78, 5) is 17.5. The Balaban J connectivity index is 2.41. The molecule has 1 fully saturated rings. The van der Waals surface area contributed by atoms with E-state index >= 15 is 0 Å². The maximum Gasteiger partial charge on any atom is 0.261 e. The molecule has 1 saturated carbocycles. The standard InChI is InChI=1S/C20H23BClN3O/c1-4-6-14-9-24-19-17(13-7-5-8-13)18(16(11(2)21)12(3)23)15(22)10-25(19)20(14)26/h9-10,13,23H,4-8H2,1-3H3/b16-11+,23-12?. The van der Waals surface area contributed by atoms with Crippen LogP contribution in [-0.4, -0.2) is 22.9 Å². The van der Waals surface area contributed by atoms with Crippen molar-refractivity contribution >= 4 is 36.4 Å². The van der Waals surface area contributed by atoms with Gasteiger partial charge in [0.25, 0.3) is 5.56 Å². The Morgan fingerprint density at radius 3 is 2.62 bits per heavy atom. The van der Waals surface area contributed by atoms with Crippen LogP contribution in [0, 0.1) is 5.41 Å². The highest BCUT2D eigenvalue weighted by atomic mass is 35.5. The normalized spacial score (nSPS) is 15.7. The van der Waals surface area contributed by atoms with Crippen LogP contribution in [0.4, 0.5) is 0 Å². The number of nitrogens with one attached hydrogen (secondary N) is 1. The van der Waals surface area contributed by atoms with E-state index in [1.54, 1.807) is 30.6 Å². The van der Waals surface area contributed by atoms with Gasteiger partial charge in [-0.2, -0.15) is 0 Å². The van der Waals surface area contributed by atoms with Gasteiger partial charge in [-0.05, 0) is 37.7 Å². The smallest absolute Gasteiger partial charge is 0.261 e. The summed E-state index contributed by atoms with van der Waals surface area (Å²) in [6.07, 6.45) is 8.11. The van der Waals surface area contributed by atoms with E-state index < -0.39 is 0 Å². The molecule has 0 aromatic carbocycles. The molecule has 1 N–H and O–H groups in total. The second kappa shape index (κ2) is 7.39. The summed E-state index contributed by atoms with van der Waals surface area (Å²) < 4.78 is 1.58. The number of rotatable bonds is 5. The second-order valence-corrected chi connectivity index (χ2v) is 7.52. The number of hydrogen-bond acceptors (Lipinski definition) is 3. The fourth-order valence-corrected chi connectivity index (χ4v) is 4.00. The minimum atomic E-state index is -0.0625. The minimum Gasteiger partial charge on any atom is -0.305 e. The molecule has 0 spiro atoms. The van der Waals surface area contributed by atoms with E-state index in [2.05, 4.69) is 4.98 Å². The van der Waals surface area contributed by atoms with Crippen LogP contribution in [-0.2, 0) is 6.42 Å². The van der Waals surface area contributed by atoms with Gasteiger partial charge in [0.1, 0.15) is 13.5 Å². The number of pyridine rings is 1. The zero-order valence-electron chi connectivity index (χ0n) is 15.5. The molecule has 2 heterocycles. The number of fused-ring (bicyclic) bond motifs is 1. The Hall–Kier alpha value is -1.88. The number of hydrogen-bond donors (Lipinski definition) is 1. The van der Waals surface area contributed by atoms with E-state index in [-0.39, 0.29) is 11.5 Å². The second-order valence-electron chi connectivity index (χ2n) is 7.11. The van der Waals surface area contributed by atoms with Gasteiger partial charge in [-0.25, -0.2) is 4.98 Å². The van der Waals surface area contributed by atoms with Crippen molar-refractivity contribution in [2.45, 2.75) is 58.8 Å². The molecule has 0 atom stereocenters. The number of allylic oxidation sites excluding steroid dienone is 2. The van der Waals surface area contributed by atoms with Gasteiger partial charge in [-0.1, -0.05) is 38.3 Å². The number of aromatic nitrogens is 2. The molecule has 0 saturated heterocycles. The molecule has 0 unspecified atom stereocenters. The highest BCUT2D eigenvalue weighted by Gasteiger charge is 2.29. The Kier molecular flexibility index (Phi) is 5.38. The molecule has 0 amide bonds. The highest BCUT2D eigenvalue weighted by molar-refractivity contribution is 6.39. The van der Waals surface area contributed by atoms with Gasteiger partial charge < -0.3 is 5.41 Å². The minimum absolute atomic E-state index is 0.0625. The SMILES string of the molecule is [B]/C(C)=C(\C(C)=N)c1c(Cl)cn2c(=O)c(CCC)cnc2c1C1CCC1. The third kappa shape index (κ3) is 3.13. The quantitative estimate of drug-likeness (QED) is 0.624. The molecule has 26 heavy (non-hydrogen) atoms. The number of nitrogens with zero attached hydrogens (tertiary/aromatic N) is 2. The number of halogens is 1. The Morgan fingerprint density at radius 2 is 2.12 bits per heavy atom. The zero-order chi connectivity index (χ0) is 19.0. The molecule has 6 heteroatoms. The molecule has 0 bridgehead atoms. The van der Waals surface area contributed by atoms with E-state index in [4.69, 9.17) is 24.9 Å². The van der Waals surface area contributed by atoms with Crippen LogP contribution in [0.5, 0.6) is 0 Å². The van der Waals surface area contributed by atoms with Crippen LogP contribution in [0.3, 0.4) is 0 Å². The van der Waals surface area contributed by atoms with E-state index in [0.29, 0.717) is 39.4 Å². The monoisotopic (exact) mass is 367 g/mol. The predicted octanol–water partition coefficient (Wildman–Crippen LogP) is 4.51. The highest BCUT2D eigenvalue weighted by Crippen LogP contribution is 2.44. The molecule has 2 radical (unpaired) electrons. The maximum atomic E-state index is 12.9. The fraction of sp³-hybridized carbons (Fsp3) is 0.450. The topological polar surface area (TPSA) is 58.2 Å². The molecule has 3 rings (SSSR count). The van der Waals surface area contributed by atoms with Gasteiger partial charge in [-0.3, -0.25) is 9.20 Å². The lowest BCUT2D eigenvalue weighted by molar-refractivity contribution is 0.420. The summed E-state index contributed by atoms with van der Waals surface area (Å²) in [7, 11) is 6.10. The first-order valence-electron chi connectivity index (χ1n) is 9.11. The molecule has 1 aliphatic rings. The lowest BCUT2D eigenvalue weighted by atomic mass is 9.75. The summed E-state index contributed by atoms with van der Waals surface area (Å²) in [6, 6.07) is 0. The zero-order valence-corrected chi connectivity index (χ0v) is 16.3. The molecule has 2 aromatic heterocycles. The van der Waals surface area contributed by atoms with Crippen molar-refractivity contribution < 1.29 is 0 Å². The Labute approximate surface area is 160 Å². The maximum absolute atomic E-state index is 12.9. The van der Waals surface area contributed by atoms with Crippen molar-refractivity contribution in [2.24, 2.45) is 0 Å². The third-order valence-electron chi connectivity index (χ3n) is 5.11. The van der Waals surface area contributed by atoms with Crippen LogP contribution in [0.2, 0.25) is 5.02 Å². The molecule has 1 aliphatic carbocycles. The lowest BCUT2D eigenvalue weighted by Gasteiger charge is -2.30. The average Bonchev–Trinajstić information content (AvgIpc) is 2.51. The lowest BCUT2D eigenvalue weighted by Crippen LogP contribution is -2.23. The summed E-state index contributed by atoms with van der Waals surface area (Å²) >= 11 is 6.64. The van der Waals surface area contributed by atoms with Crippen LogP contribution in [0.1, 0.15) is 69.1 Å². The van der Waals surface area contributed by atoms with Crippen LogP contribution in [0.25, 0.3) is 11.2 Å². The number of aryl methyl sites for hydroxylation is 1. The first-order chi connectivity index (χ1) is 12.4. The third-order valence-corrected chi connectivity index (χ3v) is 5.39. The molecule has 2 aromatic rings. The summed E-state index contributed by atoms with van der Waals surface area (Å²) in [5.41, 5.74) is 4.55. The van der Waals surface area contributed by atoms with E-state index in [9.17, 15) is 4.79 Å². The summed E-state index contributed by atoms with van der Waals surface area (Å²) in [5, 5.41) is 8.63. The van der Waals surface area contributed by atoms with Crippen molar-refractivity contribution in [3.8, 4) is 0 Å². The molecule has 134 valence electrons. The Morgan fingerprint density at radius 1 is 1.42 bits per heavy atom. The average molecular weight is 368 g/mol. The van der Waals surface area contributed by atoms with Gasteiger partial charge in [0.2, 0.25) is 0 Å². The van der Waals surface area contributed by atoms with Gasteiger partial charge in [0.15, 0.2) is 0 Å². The summed E-state index contributed by atoms with van der Waals surface area (Å²) in [5.74, 6) is 0.288. The Bertz CT molecular complexity index is 969. The van der Waals surface area contributed by atoms with E-state index in [1.165, 1.54) is 0 Å². The first kappa shape index (κ1) is 18.9. The van der Waals surface area contributed by atoms with Crippen molar-refractivity contribution in [3.05, 3.63) is 49.9 Å². The van der Waals surface area contributed by atoms with E-state index in [0.717, 1.165) is 36.8 Å². The van der Waals surface area contributed by atoms with Crippen molar-refractivity contribution in [3.63, 3.8) is 0 Å². The molecular weight excluding hydrogens is 345 g/mol. The van der Waals surface area contributed by atoms with Crippen molar-refractivity contribution in [2.75, 3.05) is 0 Å². The van der Waals surface area contributed by atoms with Crippen molar-refractivity contribution in [1.29, 1.82) is 5.41 Å². The van der Waals surface area contributed by atoms with Gasteiger partial charge >= 0.3 is 0 Å². The molecule has 4 nitrogen and oxygen atoms in total. The van der Waals surface area contributed by atoms with Gasteiger partial charge in [0.05, 0.1) is 5.02 Å². The van der Waals surface area contributed by atoms with Crippen LogP contribution < -0.4 is 5.56 Å². The molecular formula is C20H23BClN3O.